The van der Waals surface area contributed by atoms with E-state index in [1.807, 2.05) is 12.1 Å². The number of hydrogen-bond donors (Lipinski definition) is 1. The monoisotopic (exact) mass is 136 g/mol. The minimum absolute atomic E-state index is 0.512. The lowest BCUT2D eigenvalue weighted by Crippen LogP contribution is -2.04. The SMILES string of the molecule is [CH2]C(O)Cc1ccncc1. The van der Waals surface area contributed by atoms with Gasteiger partial charge in [-0.05, 0) is 31.0 Å². The van der Waals surface area contributed by atoms with Crippen LogP contribution in [-0.2, 0) is 6.42 Å². The van der Waals surface area contributed by atoms with E-state index in [0.29, 0.717) is 6.42 Å². The Kier molecular flexibility index (Phi) is 2.40. The number of rotatable bonds is 2. The molecule has 10 heavy (non-hydrogen) atoms. The topological polar surface area (TPSA) is 33.1 Å². The summed E-state index contributed by atoms with van der Waals surface area (Å²) < 4.78 is 0. The van der Waals surface area contributed by atoms with Gasteiger partial charge in [-0.2, -0.15) is 0 Å². The lowest BCUT2D eigenvalue weighted by atomic mass is 10.1. The largest absolute Gasteiger partial charge is 0.393 e. The summed E-state index contributed by atoms with van der Waals surface area (Å²) in [5.74, 6) is 0. The molecule has 1 aromatic rings. The molecule has 0 aliphatic rings. The molecule has 2 heteroatoms. The normalized spacial score (nSPS) is 13.0. The van der Waals surface area contributed by atoms with E-state index in [4.69, 9.17) is 5.11 Å². The van der Waals surface area contributed by atoms with Crippen LogP contribution in [0, 0.1) is 6.92 Å². The predicted molar refractivity (Wildman–Crippen MR) is 39.3 cm³/mol. The van der Waals surface area contributed by atoms with Crippen molar-refractivity contribution in [1.82, 2.24) is 4.98 Å². The first-order valence-corrected chi connectivity index (χ1v) is 3.19. The zero-order valence-electron chi connectivity index (χ0n) is 5.70. The Hall–Kier alpha value is -0.890. The minimum atomic E-state index is -0.512. The highest BCUT2D eigenvalue weighted by atomic mass is 16.3. The van der Waals surface area contributed by atoms with Crippen LogP contribution >= 0.6 is 0 Å². The molecule has 0 aliphatic carbocycles. The molecule has 1 atom stereocenters. The Morgan fingerprint density at radius 2 is 2.10 bits per heavy atom. The molecule has 1 aromatic heterocycles. The van der Waals surface area contributed by atoms with Crippen molar-refractivity contribution in [2.45, 2.75) is 12.5 Å². The lowest BCUT2D eigenvalue weighted by molar-refractivity contribution is 0.221. The number of aromatic nitrogens is 1. The van der Waals surface area contributed by atoms with Crippen molar-refractivity contribution >= 4 is 0 Å². The summed E-state index contributed by atoms with van der Waals surface area (Å²) in [6.07, 6.45) is 3.50. The van der Waals surface area contributed by atoms with E-state index in [2.05, 4.69) is 11.9 Å². The van der Waals surface area contributed by atoms with Crippen molar-refractivity contribution in [3.05, 3.63) is 37.0 Å². The third-order valence-electron chi connectivity index (χ3n) is 1.22. The summed E-state index contributed by atoms with van der Waals surface area (Å²) in [5, 5.41) is 8.87. The molecule has 0 aromatic carbocycles. The predicted octanol–water partition coefficient (Wildman–Crippen LogP) is 0.819. The van der Waals surface area contributed by atoms with Crippen LogP contribution in [0.15, 0.2) is 24.5 Å². The molecule has 0 bridgehead atoms. The van der Waals surface area contributed by atoms with Crippen molar-refractivity contribution < 1.29 is 5.11 Å². The molecule has 1 heterocycles. The third kappa shape index (κ3) is 2.15. The summed E-state index contributed by atoms with van der Waals surface area (Å²) in [6, 6.07) is 3.74. The number of aliphatic hydroxyl groups is 1. The average molecular weight is 136 g/mol. The third-order valence-corrected chi connectivity index (χ3v) is 1.22. The second-order valence-corrected chi connectivity index (χ2v) is 2.21. The first kappa shape index (κ1) is 7.22. The second kappa shape index (κ2) is 3.32. The van der Waals surface area contributed by atoms with Crippen molar-refractivity contribution in [3.63, 3.8) is 0 Å². The molecule has 0 amide bonds. The maximum atomic E-state index is 8.87. The summed E-state index contributed by atoms with van der Waals surface area (Å²) in [6.45, 7) is 3.47. The van der Waals surface area contributed by atoms with Gasteiger partial charge in [0.1, 0.15) is 0 Å². The zero-order chi connectivity index (χ0) is 7.40. The fraction of sp³-hybridized carbons (Fsp3) is 0.250. The van der Waals surface area contributed by atoms with Gasteiger partial charge in [0.15, 0.2) is 0 Å². The fourth-order valence-electron chi connectivity index (χ4n) is 0.791. The Labute approximate surface area is 60.5 Å². The van der Waals surface area contributed by atoms with Gasteiger partial charge in [0.05, 0.1) is 6.10 Å². The second-order valence-electron chi connectivity index (χ2n) is 2.21. The molecular weight excluding hydrogens is 126 g/mol. The van der Waals surface area contributed by atoms with Gasteiger partial charge in [-0.1, -0.05) is 0 Å². The van der Waals surface area contributed by atoms with E-state index in [1.165, 1.54) is 0 Å². The van der Waals surface area contributed by atoms with Gasteiger partial charge in [0.25, 0.3) is 0 Å². The first-order chi connectivity index (χ1) is 4.79. The molecule has 1 N–H and O–H groups in total. The average Bonchev–Trinajstić information content (AvgIpc) is 1.88. The highest BCUT2D eigenvalue weighted by molar-refractivity contribution is 5.10. The molecule has 0 spiro atoms. The van der Waals surface area contributed by atoms with Crippen molar-refractivity contribution in [2.24, 2.45) is 0 Å². The number of hydrogen-bond acceptors (Lipinski definition) is 2. The van der Waals surface area contributed by atoms with Gasteiger partial charge in [0.2, 0.25) is 0 Å². The summed E-state index contributed by atoms with van der Waals surface area (Å²) in [7, 11) is 0. The van der Waals surface area contributed by atoms with E-state index in [0.717, 1.165) is 5.56 Å². The van der Waals surface area contributed by atoms with Crippen molar-refractivity contribution in [3.8, 4) is 0 Å². The van der Waals surface area contributed by atoms with E-state index in [-0.39, 0.29) is 0 Å². The molecule has 1 radical (unpaired) electrons. The Morgan fingerprint density at radius 1 is 1.50 bits per heavy atom. The fourth-order valence-corrected chi connectivity index (χ4v) is 0.791. The smallest absolute Gasteiger partial charge is 0.0581 e. The zero-order valence-corrected chi connectivity index (χ0v) is 5.70. The van der Waals surface area contributed by atoms with Gasteiger partial charge >= 0.3 is 0 Å². The Morgan fingerprint density at radius 3 is 2.60 bits per heavy atom. The van der Waals surface area contributed by atoms with Gasteiger partial charge in [-0.25, -0.2) is 0 Å². The molecule has 1 rings (SSSR count). The summed E-state index contributed by atoms with van der Waals surface area (Å²) in [4.78, 5) is 3.85. The Balaban J connectivity index is 2.59. The molecule has 2 nitrogen and oxygen atoms in total. The molecule has 0 saturated carbocycles. The van der Waals surface area contributed by atoms with Crippen LogP contribution in [0.3, 0.4) is 0 Å². The van der Waals surface area contributed by atoms with Crippen molar-refractivity contribution in [1.29, 1.82) is 0 Å². The molecule has 0 saturated heterocycles. The van der Waals surface area contributed by atoms with Crippen LogP contribution in [0.5, 0.6) is 0 Å². The van der Waals surface area contributed by atoms with E-state index in [9.17, 15) is 0 Å². The Bertz CT molecular complexity index is 184. The van der Waals surface area contributed by atoms with Crippen LogP contribution in [0.1, 0.15) is 5.56 Å². The number of aliphatic hydroxyl groups excluding tert-OH is 1. The maximum absolute atomic E-state index is 8.87. The molecule has 1 unspecified atom stereocenters. The van der Waals surface area contributed by atoms with Crippen LogP contribution in [-0.4, -0.2) is 16.2 Å². The van der Waals surface area contributed by atoms with Crippen LogP contribution < -0.4 is 0 Å². The highest BCUT2D eigenvalue weighted by Crippen LogP contribution is 1.99. The minimum Gasteiger partial charge on any atom is -0.393 e. The van der Waals surface area contributed by atoms with E-state index in [1.54, 1.807) is 12.4 Å². The quantitative estimate of drug-likeness (QED) is 0.653. The van der Waals surface area contributed by atoms with Gasteiger partial charge < -0.3 is 5.11 Å². The highest BCUT2D eigenvalue weighted by Gasteiger charge is 1.96. The molecular formula is C8H10NO. The maximum Gasteiger partial charge on any atom is 0.0581 e. The lowest BCUT2D eigenvalue weighted by Gasteiger charge is -2.01. The van der Waals surface area contributed by atoms with Crippen LogP contribution in [0.2, 0.25) is 0 Å². The van der Waals surface area contributed by atoms with Crippen LogP contribution in [0.25, 0.3) is 0 Å². The standard InChI is InChI=1S/C8H10NO/c1-7(10)6-8-2-4-9-5-3-8/h2-5,7,10H,1,6H2. The van der Waals surface area contributed by atoms with Gasteiger partial charge in [-0.3, -0.25) is 4.98 Å². The van der Waals surface area contributed by atoms with Gasteiger partial charge in [0, 0.05) is 12.4 Å². The number of nitrogens with zero attached hydrogens (tertiary/aromatic N) is 1. The van der Waals surface area contributed by atoms with Crippen molar-refractivity contribution in [2.75, 3.05) is 0 Å². The molecule has 0 aliphatic heterocycles. The van der Waals surface area contributed by atoms with Gasteiger partial charge in [-0.15, -0.1) is 0 Å². The summed E-state index contributed by atoms with van der Waals surface area (Å²) >= 11 is 0. The number of pyridine rings is 1. The van der Waals surface area contributed by atoms with E-state index < -0.39 is 6.10 Å². The first-order valence-electron chi connectivity index (χ1n) is 3.19. The van der Waals surface area contributed by atoms with Crippen LogP contribution in [0.4, 0.5) is 0 Å². The molecule has 0 fully saturated rings. The van der Waals surface area contributed by atoms with E-state index >= 15 is 0 Å². The summed E-state index contributed by atoms with van der Waals surface area (Å²) in [5.41, 5.74) is 1.07. The molecule has 53 valence electrons.